The Kier molecular flexibility index (Phi) is 6.28. The summed E-state index contributed by atoms with van der Waals surface area (Å²) in [4.78, 5) is 27.5. The van der Waals surface area contributed by atoms with Crippen LogP contribution in [0, 0.1) is 5.92 Å². The first-order valence-electron chi connectivity index (χ1n) is 8.64. The summed E-state index contributed by atoms with van der Waals surface area (Å²) in [6.45, 7) is 7.63. The number of likely N-dealkylation sites (tertiary alicyclic amines) is 1. The van der Waals surface area contributed by atoms with Crippen LogP contribution in [0.3, 0.4) is 0 Å². The first-order valence-corrected chi connectivity index (χ1v) is 8.64. The molecule has 0 N–H and O–H groups in total. The van der Waals surface area contributed by atoms with Gasteiger partial charge in [0, 0.05) is 26.7 Å². The first kappa shape index (κ1) is 19.1. The van der Waals surface area contributed by atoms with Crippen LogP contribution in [0.1, 0.15) is 32.8 Å². The fourth-order valence-corrected chi connectivity index (χ4v) is 2.76. The van der Waals surface area contributed by atoms with E-state index in [1.165, 1.54) is 0 Å². The maximum absolute atomic E-state index is 12.2. The van der Waals surface area contributed by atoms with Crippen LogP contribution in [0.2, 0.25) is 0 Å². The Morgan fingerprint density at radius 3 is 2.56 bits per heavy atom. The summed E-state index contributed by atoms with van der Waals surface area (Å²) in [7, 11) is 1.73. The van der Waals surface area contributed by atoms with Gasteiger partial charge in [-0.05, 0) is 38.7 Å². The molecule has 1 aliphatic rings. The van der Waals surface area contributed by atoms with Crippen molar-refractivity contribution in [1.29, 1.82) is 0 Å². The maximum Gasteiger partial charge on any atom is 0.410 e. The lowest BCUT2D eigenvalue weighted by atomic mass is 10.1. The Balaban J connectivity index is 1.75. The lowest BCUT2D eigenvalue weighted by molar-refractivity contribution is 0.0275. The van der Waals surface area contributed by atoms with E-state index in [1.54, 1.807) is 16.8 Å². The Hall–Kier alpha value is -2.24. The summed E-state index contributed by atoms with van der Waals surface area (Å²) in [6.07, 6.45) is 0.219. The predicted octanol–water partition coefficient (Wildman–Crippen LogP) is 3.51. The van der Waals surface area contributed by atoms with Crippen LogP contribution in [-0.2, 0) is 16.1 Å². The van der Waals surface area contributed by atoms with Crippen molar-refractivity contribution in [2.75, 3.05) is 26.7 Å². The highest BCUT2D eigenvalue weighted by molar-refractivity contribution is 5.68. The van der Waals surface area contributed by atoms with Crippen LogP contribution < -0.4 is 0 Å². The van der Waals surface area contributed by atoms with Crippen molar-refractivity contribution in [3.05, 3.63) is 35.9 Å². The number of carbonyl (C=O) groups is 2. The lowest BCUT2D eigenvalue weighted by Gasteiger charge is -2.26. The molecule has 1 saturated heterocycles. The summed E-state index contributed by atoms with van der Waals surface area (Å²) in [5.41, 5.74) is 0.463. The molecular formula is C19H28N2O4. The van der Waals surface area contributed by atoms with Crippen molar-refractivity contribution in [2.45, 2.75) is 39.4 Å². The van der Waals surface area contributed by atoms with E-state index in [-0.39, 0.29) is 24.7 Å². The van der Waals surface area contributed by atoms with Crippen molar-refractivity contribution in [1.82, 2.24) is 9.80 Å². The van der Waals surface area contributed by atoms with Crippen molar-refractivity contribution in [3.63, 3.8) is 0 Å². The maximum atomic E-state index is 12.2. The zero-order valence-electron chi connectivity index (χ0n) is 15.5. The van der Waals surface area contributed by atoms with E-state index >= 15 is 0 Å². The predicted molar refractivity (Wildman–Crippen MR) is 95.2 cm³/mol. The van der Waals surface area contributed by atoms with Gasteiger partial charge in [-0.3, -0.25) is 0 Å². The fraction of sp³-hybridized carbons (Fsp3) is 0.579. The monoisotopic (exact) mass is 348 g/mol. The van der Waals surface area contributed by atoms with Crippen molar-refractivity contribution >= 4 is 12.2 Å². The van der Waals surface area contributed by atoms with Gasteiger partial charge in [0.25, 0.3) is 0 Å². The van der Waals surface area contributed by atoms with E-state index in [9.17, 15) is 9.59 Å². The van der Waals surface area contributed by atoms with Crippen molar-refractivity contribution in [2.24, 2.45) is 5.92 Å². The van der Waals surface area contributed by atoms with Gasteiger partial charge in [-0.25, -0.2) is 9.59 Å². The number of amides is 2. The molecule has 1 aliphatic heterocycles. The second kappa shape index (κ2) is 8.23. The van der Waals surface area contributed by atoms with Gasteiger partial charge in [0.05, 0.1) is 0 Å². The number of benzene rings is 1. The minimum absolute atomic E-state index is 0.238. The SMILES string of the molecule is CN(C[C@@H]1CCN(C(=O)OCc2ccccc2)C1)C(=O)OC(C)(C)C. The molecule has 1 aromatic rings. The van der Waals surface area contributed by atoms with Crippen LogP contribution in [-0.4, -0.2) is 54.3 Å². The van der Waals surface area contributed by atoms with Crippen LogP contribution in [0.5, 0.6) is 0 Å². The van der Waals surface area contributed by atoms with E-state index in [0.717, 1.165) is 12.0 Å². The van der Waals surface area contributed by atoms with Crippen LogP contribution >= 0.6 is 0 Å². The smallest absolute Gasteiger partial charge is 0.410 e. The second-order valence-corrected chi connectivity index (χ2v) is 7.50. The number of carbonyl (C=O) groups excluding carboxylic acids is 2. The summed E-state index contributed by atoms with van der Waals surface area (Å²) >= 11 is 0. The van der Waals surface area contributed by atoms with Crippen molar-refractivity contribution < 1.29 is 19.1 Å². The van der Waals surface area contributed by atoms with Gasteiger partial charge in [-0.1, -0.05) is 30.3 Å². The van der Waals surface area contributed by atoms with Gasteiger partial charge in [-0.2, -0.15) is 0 Å². The molecule has 0 radical (unpaired) electrons. The average Bonchev–Trinajstić information content (AvgIpc) is 3.00. The third-order valence-corrected chi connectivity index (χ3v) is 3.99. The topological polar surface area (TPSA) is 59.1 Å². The van der Waals surface area contributed by atoms with E-state index in [1.807, 2.05) is 51.1 Å². The quantitative estimate of drug-likeness (QED) is 0.835. The van der Waals surface area contributed by atoms with Crippen LogP contribution in [0.15, 0.2) is 30.3 Å². The Morgan fingerprint density at radius 1 is 1.24 bits per heavy atom. The second-order valence-electron chi connectivity index (χ2n) is 7.50. The lowest BCUT2D eigenvalue weighted by Crippen LogP contribution is -2.38. The fourth-order valence-electron chi connectivity index (χ4n) is 2.76. The molecule has 1 fully saturated rings. The van der Waals surface area contributed by atoms with Crippen LogP contribution in [0.4, 0.5) is 9.59 Å². The van der Waals surface area contributed by atoms with Gasteiger partial charge in [0.2, 0.25) is 0 Å². The van der Waals surface area contributed by atoms with Gasteiger partial charge in [-0.15, -0.1) is 0 Å². The molecule has 6 nitrogen and oxygen atoms in total. The van der Waals surface area contributed by atoms with Crippen molar-refractivity contribution in [3.8, 4) is 0 Å². The highest BCUT2D eigenvalue weighted by atomic mass is 16.6. The van der Waals surface area contributed by atoms with Gasteiger partial charge in [0.1, 0.15) is 12.2 Å². The Morgan fingerprint density at radius 2 is 1.92 bits per heavy atom. The summed E-state index contributed by atoms with van der Waals surface area (Å²) < 4.78 is 10.7. The van der Waals surface area contributed by atoms with E-state index in [0.29, 0.717) is 19.6 Å². The summed E-state index contributed by atoms with van der Waals surface area (Å²) in [5, 5.41) is 0. The van der Waals surface area contributed by atoms with E-state index < -0.39 is 5.60 Å². The molecule has 1 atom stereocenters. The molecule has 0 aromatic heterocycles. The molecule has 6 heteroatoms. The number of ether oxygens (including phenoxy) is 2. The van der Waals surface area contributed by atoms with Gasteiger partial charge in [0.15, 0.2) is 0 Å². The molecule has 0 spiro atoms. The first-order chi connectivity index (χ1) is 11.7. The molecule has 2 rings (SSSR count). The average molecular weight is 348 g/mol. The molecule has 25 heavy (non-hydrogen) atoms. The molecular weight excluding hydrogens is 320 g/mol. The minimum Gasteiger partial charge on any atom is -0.445 e. The van der Waals surface area contributed by atoms with Crippen LogP contribution in [0.25, 0.3) is 0 Å². The van der Waals surface area contributed by atoms with E-state index in [2.05, 4.69) is 0 Å². The Labute approximate surface area is 149 Å². The number of nitrogens with zero attached hydrogens (tertiary/aromatic N) is 2. The summed E-state index contributed by atoms with van der Waals surface area (Å²) in [5.74, 6) is 0.238. The highest BCUT2D eigenvalue weighted by Gasteiger charge is 2.30. The molecule has 0 aliphatic carbocycles. The highest BCUT2D eigenvalue weighted by Crippen LogP contribution is 2.19. The zero-order valence-corrected chi connectivity index (χ0v) is 15.5. The van der Waals surface area contributed by atoms with Gasteiger partial charge < -0.3 is 19.3 Å². The number of rotatable bonds is 4. The third kappa shape index (κ3) is 6.29. The summed E-state index contributed by atoms with van der Waals surface area (Å²) in [6, 6.07) is 9.62. The minimum atomic E-state index is -0.506. The molecule has 0 unspecified atom stereocenters. The molecule has 1 heterocycles. The third-order valence-electron chi connectivity index (χ3n) is 3.99. The largest absolute Gasteiger partial charge is 0.445 e. The molecule has 0 saturated carbocycles. The standard InChI is InChI=1S/C19H28N2O4/c1-19(2,3)25-17(22)20(4)12-16-10-11-21(13-16)18(23)24-14-15-8-6-5-7-9-15/h5-9,16H,10-14H2,1-4H3/t16-/m0/s1. The number of hydrogen-bond donors (Lipinski definition) is 0. The molecule has 0 bridgehead atoms. The van der Waals surface area contributed by atoms with Gasteiger partial charge >= 0.3 is 12.2 Å². The molecule has 2 amide bonds. The zero-order chi connectivity index (χ0) is 18.4. The Bertz CT molecular complexity index is 583. The molecule has 1 aromatic carbocycles. The number of hydrogen-bond acceptors (Lipinski definition) is 4. The van der Waals surface area contributed by atoms with E-state index in [4.69, 9.17) is 9.47 Å². The normalized spacial score (nSPS) is 17.3. The molecule has 138 valence electrons.